The first-order chi connectivity index (χ1) is 2.56. The zero-order valence-corrected chi connectivity index (χ0v) is 8.38. The second-order valence-electron chi connectivity index (χ2n) is 2.34. The molecule has 0 unspecified atom stereocenters. The van der Waals surface area contributed by atoms with Crippen LogP contribution in [0.5, 0.6) is 0 Å². The first kappa shape index (κ1) is 6.83. The summed E-state index contributed by atoms with van der Waals surface area (Å²) in [7, 11) is 0. The third-order valence-corrected chi connectivity index (χ3v) is 7.46. The second-order valence-corrected chi connectivity index (χ2v) is 19.2. The van der Waals surface area contributed by atoms with Gasteiger partial charge < -0.3 is 0 Å². The summed E-state index contributed by atoms with van der Waals surface area (Å²) < 4.78 is 11.5. The van der Waals surface area contributed by atoms with Crippen LogP contribution in [0.1, 0.15) is 6.92 Å². The topological polar surface area (TPSA) is 26.0 Å². The molecule has 0 aliphatic carbocycles. The fraction of sp³-hybridized carbons (Fsp3) is 1.00. The molecule has 0 aliphatic rings. The van der Waals surface area contributed by atoms with E-state index in [1.807, 2.05) is 0 Å². The van der Waals surface area contributed by atoms with Gasteiger partial charge in [0.15, 0.2) is 0 Å². The number of rotatable bonds is 1. The predicted molar refractivity (Wildman–Crippen MR) is 26.4 cm³/mol. The summed E-state index contributed by atoms with van der Waals surface area (Å²) in [6.07, 6.45) is 0. The molecule has 2 heteroatoms. The molecule has 0 aromatic heterocycles. The molecule has 0 heterocycles. The Kier molecular flexibility index (Phi) is 2.53. The van der Waals surface area contributed by atoms with Gasteiger partial charge in [0.1, 0.15) is 0 Å². The van der Waals surface area contributed by atoms with Gasteiger partial charge in [0.25, 0.3) is 0 Å². The monoisotopic (exact) mass is 255 g/mol. The zero-order chi connectivity index (χ0) is 5.21. The minimum absolute atomic E-state index is 1.27. The first-order valence-corrected chi connectivity index (χ1v) is 14.1. The molecular weight excluding hydrogens is 241 g/mol. The molecule has 0 aliphatic heterocycles. The molecule has 0 aromatic carbocycles. The van der Waals surface area contributed by atoms with Crippen LogP contribution in [0.4, 0.5) is 0 Å². The van der Waals surface area contributed by atoms with Crippen LogP contribution in [-0.4, -0.2) is 0 Å². The number of nitrogens with two attached hydrogens (primary N) is 1. The van der Waals surface area contributed by atoms with E-state index < -0.39 is 20.3 Å². The van der Waals surface area contributed by atoms with Crippen molar-refractivity contribution in [1.82, 2.24) is 0 Å². The van der Waals surface area contributed by atoms with Crippen molar-refractivity contribution in [2.24, 2.45) is 3.72 Å². The van der Waals surface area contributed by atoms with Crippen LogP contribution >= 0.6 is 0 Å². The van der Waals surface area contributed by atoms with Crippen molar-refractivity contribution in [3.8, 4) is 0 Å². The van der Waals surface area contributed by atoms with E-state index in [2.05, 4.69) is 16.3 Å². The molecule has 0 spiro atoms. The van der Waals surface area contributed by atoms with Crippen LogP contribution in [0.25, 0.3) is 0 Å². The molecule has 38 valence electrons. The number of hydrogen-bond donors (Lipinski definition) is 1. The predicted octanol–water partition coefficient (Wildman–Crippen LogP) is 1.55. The van der Waals surface area contributed by atoms with Gasteiger partial charge in [-0.1, -0.05) is 0 Å². The first-order valence-electron chi connectivity index (χ1n) is 2.35. The third-order valence-electron chi connectivity index (χ3n) is 0.911. The van der Waals surface area contributed by atoms with Crippen LogP contribution in [0, 0.1) is 0 Å². The van der Waals surface area contributed by atoms with Gasteiger partial charge in [-0.25, -0.2) is 0 Å². The molecule has 0 amide bonds. The van der Waals surface area contributed by atoms with E-state index in [-0.39, 0.29) is 0 Å². The van der Waals surface area contributed by atoms with Crippen molar-refractivity contribution in [1.29, 1.82) is 0 Å². The Morgan fingerprint density at radius 2 is 1.67 bits per heavy atom. The molecule has 0 rings (SSSR count). The average molecular weight is 254 g/mol. The standard InChI is InChI=1S/C2H5.2CH3.Hf.H2N/c1-2;;;;/h1H2,2H3;2*1H3;;1H2/q;;;+1;-1. The molecule has 2 N–H and O–H groups in total. The summed E-state index contributed by atoms with van der Waals surface area (Å²) in [5.74, 6) is 0. The Morgan fingerprint density at radius 1 is 1.50 bits per heavy atom. The summed E-state index contributed by atoms with van der Waals surface area (Å²) in [6, 6.07) is 0. The molecule has 0 aromatic rings. The van der Waals surface area contributed by atoms with E-state index in [1.54, 1.807) is 0 Å². The molecule has 6 heavy (non-hydrogen) atoms. The van der Waals surface area contributed by atoms with Crippen LogP contribution in [0.15, 0.2) is 0 Å². The van der Waals surface area contributed by atoms with Crippen molar-refractivity contribution in [3.63, 3.8) is 0 Å². The Balaban J connectivity index is 3.17. The van der Waals surface area contributed by atoms with Crippen molar-refractivity contribution < 1.29 is 20.3 Å². The summed E-state index contributed by atoms with van der Waals surface area (Å²) in [5.41, 5.74) is 0. The van der Waals surface area contributed by atoms with Crippen molar-refractivity contribution in [2.45, 2.75) is 20.5 Å². The molecule has 0 saturated carbocycles. The fourth-order valence-corrected chi connectivity index (χ4v) is 0. The summed E-state index contributed by atoms with van der Waals surface area (Å²) >= 11 is -1.83. The zero-order valence-electron chi connectivity index (χ0n) is 4.78. The minimum atomic E-state index is -1.83. The van der Waals surface area contributed by atoms with Gasteiger partial charge in [0.05, 0.1) is 0 Å². The SMILES string of the molecule is C[CH2][Hf]([CH3])([CH3])[NH2]. The second kappa shape index (κ2) is 2.22. The molecular formula is C4H13HfN. The van der Waals surface area contributed by atoms with Gasteiger partial charge in [0, 0.05) is 0 Å². The maximum absolute atomic E-state index is 5.76. The Labute approximate surface area is 44.6 Å². The fourth-order valence-electron chi connectivity index (χ4n) is 0. The van der Waals surface area contributed by atoms with E-state index >= 15 is 0 Å². The molecule has 0 fully saturated rings. The van der Waals surface area contributed by atoms with E-state index in [9.17, 15) is 0 Å². The molecule has 1 nitrogen and oxygen atoms in total. The van der Waals surface area contributed by atoms with Crippen LogP contribution < -0.4 is 3.72 Å². The maximum atomic E-state index is 5.76. The van der Waals surface area contributed by atoms with Crippen LogP contribution in [0.2, 0.25) is 13.5 Å². The van der Waals surface area contributed by atoms with Gasteiger partial charge in [-0.15, -0.1) is 0 Å². The summed E-state index contributed by atoms with van der Waals surface area (Å²) in [5, 5.41) is 0. The Bertz CT molecular complexity index is 37.3. The third kappa shape index (κ3) is 4.83. The van der Waals surface area contributed by atoms with Crippen molar-refractivity contribution >= 4 is 0 Å². The van der Waals surface area contributed by atoms with Gasteiger partial charge in [-0.2, -0.15) is 0 Å². The Hall–Kier alpha value is 0.830. The van der Waals surface area contributed by atoms with E-state index in [1.165, 1.54) is 4.18 Å². The number of hydrogen-bond acceptors (Lipinski definition) is 1. The normalized spacial score (nSPS) is 12.0. The van der Waals surface area contributed by atoms with Crippen LogP contribution in [-0.2, 0) is 20.3 Å². The van der Waals surface area contributed by atoms with Crippen molar-refractivity contribution in [3.05, 3.63) is 0 Å². The molecule has 0 radical (unpaired) electrons. The summed E-state index contributed by atoms with van der Waals surface area (Å²) in [6.45, 7) is 2.18. The quantitative estimate of drug-likeness (QED) is 0.705. The molecule has 0 atom stereocenters. The van der Waals surface area contributed by atoms with Gasteiger partial charge in [-0.05, 0) is 0 Å². The average Bonchev–Trinajstić information content (AvgIpc) is 1.35. The van der Waals surface area contributed by atoms with E-state index in [4.69, 9.17) is 3.72 Å². The summed E-state index contributed by atoms with van der Waals surface area (Å²) in [4.78, 5) is 0. The van der Waals surface area contributed by atoms with E-state index in [0.717, 1.165) is 0 Å². The van der Waals surface area contributed by atoms with Gasteiger partial charge >= 0.3 is 44.4 Å². The van der Waals surface area contributed by atoms with E-state index in [0.29, 0.717) is 0 Å². The van der Waals surface area contributed by atoms with Gasteiger partial charge in [0.2, 0.25) is 0 Å². The molecule has 0 bridgehead atoms. The molecule has 0 saturated heterocycles. The van der Waals surface area contributed by atoms with Crippen molar-refractivity contribution in [2.75, 3.05) is 0 Å². The van der Waals surface area contributed by atoms with Gasteiger partial charge in [-0.3, -0.25) is 0 Å². The Morgan fingerprint density at radius 3 is 1.67 bits per heavy atom. The van der Waals surface area contributed by atoms with Crippen LogP contribution in [0.3, 0.4) is 0 Å².